The van der Waals surface area contributed by atoms with Crippen molar-refractivity contribution in [1.29, 1.82) is 0 Å². The zero-order chi connectivity index (χ0) is 27.8. The van der Waals surface area contributed by atoms with Crippen LogP contribution >= 0.6 is 34.9 Å². The van der Waals surface area contributed by atoms with Crippen molar-refractivity contribution in [2.45, 2.75) is 30.1 Å². The van der Waals surface area contributed by atoms with E-state index in [4.69, 9.17) is 5.73 Å². The number of hydrogen-bond acceptors (Lipinski definition) is 11. The average molecular weight is 597 g/mol. The van der Waals surface area contributed by atoms with Crippen molar-refractivity contribution in [3.8, 4) is 0 Å². The monoisotopic (exact) mass is 596 g/mol. The molecule has 5 rings (SSSR count). The fourth-order valence-corrected chi connectivity index (χ4v) is 7.21. The minimum absolute atomic E-state index is 0.0672. The molecule has 39 heavy (non-hydrogen) atoms. The molecule has 204 valence electrons. The Bertz CT molecular complexity index is 1430. The minimum Gasteiger partial charge on any atom is -0.476 e. The number of aliphatic carboxylic acids is 1. The van der Waals surface area contributed by atoms with Crippen LogP contribution in [0.3, 0.4) is 0 Å². The molecule has 1 fully saturated rings. The topological polar surface area (TPSA) is 154 Å². The van der Waals surface area contributed by atoms with Crippen molar-refractivity contribution in [3.63, 3.8) is 0 Å². The molecule has 1 saturated heterocycles. The summed E-state index contributed by atoms with van der Waals surface area (Å²) in [6.07, 6.45) is 5.54. The number of carboxylic acids is 1. The average Bonchev–Trinajstić information content (AvgIpc) is 3.52. The number of carboxylic acid groups (broad SMARTS) is 1. The van der Waals surface area contributed by atoms with Gasteiger partial charge in [0.25, 0.3) is 11.8 Å². The van der Waals surface area contributed by atoms with E-state index >= 15 is 0 Å². The number of anilines is 2. The van der Waals surface area contributed by atoms with Crippen LogP contribution in [0.15, 0.2) is 57.3 Å². The highest BCUT2D eigenvalue weighted by Gasteiger charge is 2.55. The van der Waals surface area contributed by atoms with Crippen LogP contribution in [0.25, 0.3) is 0 Å². The summed E-state index contributed by atoms with van der Waals surface area (Å²) in [7, 11) is 0. The zero-order valence-electron chi connectivity index (χ0n) is 19.8. The Morgan fingerprint density at radius 2 is 2.23 bits per heavy atom. The number of thioether (sulfide) groups is 2. The number of nitrogen functional groups attached to an aromatic ring is 1. The lowest BCUT2D eigenvalue weighted by atomic mass is 9.94. The smallest absolute Gasteiger partial charge is 0.407 e. The number of amides is 2. The molecule has 4 N–H and O–H groups in total. The molecule has 2 unspecified atom stereocenters. The number of carbonyl (C=O) groups is 3. The standard InChI is InChI=1S/C22H19F2N7O5S3/c1-2-4-29-5-3-13-11(6-29)30(9-39-13)19-16(20(34)35)31-12(8-37-19)15(18(31)33)27-17(32)14(28-36-21(23)24)10-7-38-22(25)26-10/h2-3,5-7,12,15,21H,1,4,8-9H2,(H3-,25,26,27,32,34,35)/p+1. The second kappa shape index (κ2) is 10.8. The van der Waals surface area contributed by atoms with E-state index in [0.717, 1.165) is 26.8 Å². The molecule has 5 heterocycles. The molecule has 2 amide bonds. The molecular weight excluding hydrogens is 576 g/mol. The van der Waals surface area contributed by atoms with Crippen LogP contribution in [-0.2, 0) is 25.8 Å². The first-order valence-electron chi connectivity index (χ1n) is 11.2. The Kier molecular flexibility index (Phi) is 7.46. The summed E-state index contributed by atoms with van der Waals surface area (Å²) in [6.45, 7) is 1.02. The Morgan fingerprint density at radius 1 is 1.44 bits per heavy atom. The number of fused-ring (bicyclic) bond motifs is 2. The van der Waals surface area contributed by atoms with Crippen LogP contribution < -0.4 is 20.5 Å². The number of nitrogens with zero attached hydrogens (tertiary/aromatic N) is 5. The van der Waals surface area contributed by atoms with E-state index in [1.54, 1.807) is 17.8 Å². The number of nitrogens with two attached hydrogens (primary N) is 1. The molecule has 0 aromatic carbocycles. The van der Waals surface area contributed by atoms with Gasteiger partial charge in [0.1, 0.15) is 22.5 Å². The molecule has 0 radical (unpaired) electrons. The first-order valence-corrected chi connectivity index (χ1v) is 14.1. The highest BCUT2D eigenvalue weighted by molar-refractivity contribution is 8.03. The highest BCUT2D eigenvalue weighted by atomic mass is 32.2. The van der Waals surface area contributed by atoms with Gasteiger partial charge < -0.3 is 25.9 Å². The number of halogens is 2. The number of hydrogen-bond donors (Lipinski definition) is 3. The van der Waals surface area contributed by atoms with Gasteiger partial charge in [0.15, 0.2) is 35.5 Å². The number of carbonyl (C=O) groups excluding carboxylic acids is 2. The Labute approximate surface area is 232 Å². The van der Waals surface area contributed by atoms with Crippen LogP contribution in [0.5, 0.6) is 0 Å². The molecule has 12 nitrogen and oxygen atoms in total. The summed E-state index contributed by atoms with van der Waals surface area (Å²) in [6, 6.07) is 0.146. The number of alkyl halides is 2. The van der Waals surface area contributed by atoms with Crippen LogP contribution in [0.4, 0.5) is 19.6 Å². The highest BCUT2D eigenvalue weighted by Crippen LogP contribution is 2.47. The van der Waals surface area contributed by atoms with Gasteiger partial charge in [-0.3, -0.25) is 14.5 Å². The predicted molar refractivity (Wildman–Crippen MR) is 140 cm³/mol. The van der Waals surface area contributed by atoms with Gasteiger partial charge in [0.2, 0.25) is 0 Å². The molecule has 0 bridgehead atoms. The summed E-state index contributed by atoms with van der Waals surface area (Å²) in [4.78, 5) is 50.3. The van der Waals surface area contributed by atoms with Gasteiger partial charge >= 0.3 is 12.6 Å². The third-order valence-corrected chi connectivity index (χ3v) is 8.84. The molecule has 2 aromatic heterocycles. The van der Waals surface area contributed by atoms with Gasteiger partial charge in [0, 0.05) is 22.1 Å². The van der Waals surface area contributed by atoms with Gasteiger partial charge in [0.05, 0.1) is 11.9 Å². The Balaban J connectivity index is 1.39. The normalized spacial score (nSPS) is 20.5. The van der Waals surface area contributed by atoms with Gasteiger partial charge in [-0.15, -0.1) is 34.9 Å². The molecule has 2 aromatic rings. The van der Waals surface area contributed by atoms with Gasteiger partial charge in [-0.2, -0.15) is 13.3 Å². The van der Waals surface area contributed by atoms with Crippen molar-refractivity contribution in [2.24, 2.45) is 5.16 Å². The maximum atomic E-state index is 13.2. The van der Waals surface area contributed by atoms with E-state index in [2.05, 4.69) is 26.9 Å². The van der Waals surface area contributed by atoms with E-state index in [9.17, 15) is 28.3 Å². The molecule has 17 heteroatoms. The fraction of sp³-hybridized carbons (Fsp3) is 0.273. The summed E-state index contributed by atoms with van der Waals surface area (Å²) < 4.78 is 27.1. The lowest BCUT2D eigenvalue weighted by Crippen LogP contribution is -2.73. The molecule has 0 aliphatic carbocycles. The van der Waals surface area contributed by atoms with E-state index in [0.29, 0.717) is 17.5 Å². The van der Waals surface area contributed by atoms with Crippen molar-refractivity contribution in [3.05, 3.63) is 52.9 Å². The number of allylic oxidation sites excluding steroid dienone is 1. The maximum absolute atomic E-state index is 13.2. The SMILES string of the molecule is C=CC[n+]1ccc2c(c1)N(C1=C(C(=O)O)N3C(=O)C(NC(=O)C(=NOC(F)F)c4csc(N)n4)C3CS1)CS2. The Hall–Kier alpha value is -3.70. The summed E-state index contributed by atoms with van der Waals surface area (Å²) in [5, 5.41) is 17.5. The lowest BCUT2D eigenvalue weighted by Gasteiger charge is -2.50. The number of rotatable bonds is 9. The van der Waals surface area contributed by atoms with Crippen molar-refractivity contribution < 1.29 is 37.7 Å². The Morgan fingerprint density at radius 3 is 2.90 bits per heavy atom. The predicted octanol–water partition coefficient (Wildman–Crippen LogP) is 1.41. The fourth-order valence-electron chi connectivity index (χ4n) is 4.26. The number of pyridine rings is 1. The molecule has 3 aliphatic heterocycles. The molecule has 0 saturated carbocycles. The first kappa shape index (κ1) is 26.9. The molecular formula is C22H20F2N7O5S3+. The second-order valence-electron chi connectivity index (χ2n) is 8.25. The molecule has 2 atom stereocenters. The van der Waals surface area contributed by atoms with Crippen LogP contribution in [0.1, 0.15) is 5.69 Å². The van der Waals surface area contributed by atoms with Gasteiger partial charge in [-0.05, 0) is 6.08 Å². The van der Waals surface area contributed by atoms with Crippen molar-refractivity contribution >= 4 is 69.2 Å². The van der Waals surface area contributed by atoms with E-state index < -0.39 is 42.2 Å². The van der Waals surface area contributed by atoms with E-state index in [1.165, 1.54) is 17.1 Å². The molecule has 3 aliphatic rings. The lowest BCUT2D eigenvalue weighted by molar-refractivity contribution is -0.686. The zero-order valence-corrected chi connectivity index (χ0v) is 22.3. The van der Waals surface area contributed by atoms with E-state index in [1.807, 2.05) is 27.9 Å². The summed E-state index contributed by atoms with van der Waals surface area (Å²) in [5.74, 6) is -2.20. The third-order valence-electron chi connectivity index (χ3n) is 5.93. The van der Waals surface area contributed by atoms with Gasteiger partial charge in [-0.25, -0.2) is 9.78 Å². The molecule has 0 spiro atoms. The van der Waals surface area contributed by atoms with Crippen LogP contribution in [0.2, 0.25) is 0 Å². The van der Waals surface area contributed by atoms with Crippen molar-refractivity contribution in [2.75, 3.05) is 22.3 Å². The van der Waals surface area contributed by atoms with Crippen molar-refractivity contribution in [1.82, 2.24) is 15.2 Å². The van der Waals surface area contributed by atoms with Crippen LogP contribution in [0, 0.1) is 0 Å². The first-order chi connectivity index (χ1) is 18.7. The third kappa shape index (κ3) is 5.04. The number of thiazole rings is 1. The van der Waals surface area contributed by atoms with Gasteiger partial charge in [-0.1, -0.05) is 11.7 Å². The number of aromatic nitrogens is 2. The number of nitrogens with one attached hydrogen (secondary N) is 1. The second-order valence-corrected chi connectivity index (χ2v) is 11.1. The maximum Gasteiger partial charge on any atom is 0.407 e. The summed E-state index contributed by atoms with van der Waals surface area (Å²) >= 11 is 3.75. The van der Waals surface area contributed by atoms with E-state index in [-0.39, 0.29) is 22.3 Å². The summed E-state index contributed by atoms with van der Waals surface area (Å²) in [5.41, 5.74) is 5.50. The number of β-lactam (4-membered cyclic amide) rings is 1. The number of oxime groups is 1. The van der Waals surface area contributed by atoms with Crippen LogP contribution in [-0.4, -0.2) is 68.8 Å². The quantitative estimate of drug-likeness (QED) is 0.127. The minimum atomic E-state index is -3.29. The largest absolute Gasteiger partial charge is 0.476 e.